The van der Waals surface area contributed by atoms with Gasteiger partial charge in [-0.15, -0.1) is 0 Å². The van der Waals surface area contributed by atoms with E-state index in [0.29, 0.717) is 0 Å². The molecule has 0 heterocycles. The lowest BCUT2D eigenvalue weighted by Crippen LogP contribution is -2.25. The van der Waals surface area contributed by atoms with E-state index >= 15 is 0 Å². The van der Waals surface area contributed by atoms with Gasteiger partial charge in [0, 0.05) is 13.5 Å². The summed E-state index contributed by atoms with van der Waals surface area (Å²) in [6, 6.07) is 9.20. The number of hydrogen-bond donors (Lipinski definition) is 1. The van der Waals surface area contributed by atoms with Gasteiger partial charge in [0.1, 0.15) is 5.70 Å². The lowest BCUT2D eigenvalue weighted by molar-refractivity contribution is -0.137. The minimum atomic E-state index is -1.16. The molecule has 0 atom stereocenters. The molecule has 0 saturated heterocycles. The van der Waals surface area contributed by atoms with Crippen LogP contribution < -0.4 is 5.32 Å². The molecule has 0 spiro atoms. The van der Waals surface area contributed by atoms with Gasteiger partial charge in [-0.05, 0) is 38.2 Å². The van der Waals surface area contributed by atoms with E-state index in [9.17, 15) is 9.59 Å². The quantitative estimate of drug-likeness (QED) is 0.509. The molecule has 1 rings (SSSR count). The van der Waals surface area contributed by atoms with Crippen molar-refractivity contribution in [3.63, 3.8) is 0 Å². The Bertz CT molecular complexity index is 521. The highest BCUT2D eigenvalue weighted by atomic mass is 28.4. The molecular formula is C17H27NO4Si. The van der Waals surface area contributed by atoms with Crippen molar-refractivity contribution >= 4 is 26.3 Å². The molecule has 128 valence electrons. The Morgan fingerprint density at radius 1 is 1.17 bits per heavy atom. The monoisotopic (exact) mass is 337 g/mol. The summed E-state index contributed by atoms with van der Waals surface area (Å²) in [6.07, 6.45) is 1.56. The smallest absolute Gasteiger partial charge is 0.354 e. The molecule has 1 amide bonds. The Labute approximate surface area is 139 Å². The molecule has 0 fully saturated rings. The standard InChI is InChI=1S/C12H13NO3.C5H14OSi/c1-9(14)13-11(12(15)16-2)8-10-6-4-3-5-7-10;1-5-6-7(2,3)4/h3-8H,1-2H3,(H,13,14);5H2,1-4H3/b11-8-;. The van der Waals surface area contributed by atoms with E-state index in [1.165, 1.54) is 14.0 Å². The van der Waals surface area contributed by atoms with Crippen LogP contribution in [0.25, 0.3) is 6.08 Å². The molecule has 1 aromatic rings. The van der Waals surface area contributed by atoms with Crippen molar-refractivity contribution in [2.45, 2.75) is 33.5 Å². The molecule has 0 aliphatic rings. The molecule has 0 radical (unpaired) electrons. The van der Waals surface area contributed by atoms with Crippen molar-refractivity contribution in [1.29, 1.82) is 0 Å². The number of methoxy groups -OCH3 is 1. The van der Waals surface area contributed by atoms with Gasteiger partial charge in [-0.3, -0.25) is 4.79 Å². The zero-order chi connectivity index (χ0) is 17.9. The van der Waals surface area contributed by atoms with E-state index in [4.69, 9.17) is 4.43 Å². The molecule has 0 aliphatic carbocycles. The Morgan fingerprint density at radius 2 is 1.74 bits per heavy atom. The van der Waals surface area contributed by atoms with Crippen LogP contribution in [0.15, 0.2) is 36.0 Å². The van der Waals surface area contributed by atoms with Gasteiger partial charge in [0.2, 0.25) is 5.91 Å². The normalized spacial score (nSPS) is 11.1. The van der Waals surface area contributed by atoms with Crippen LogP contribution >= 0.6 is 0 Å². The van der Waals surface area contributed by atoms with Gasteiger partial charge in [-0.25, -0.2) is 4.79 Å². The summed E-state index contributed by atoms with van der Waals surface area (Å²) in [6.45, 7) is 10.8. The second-order valence-electron chi connectivity index (χ2n) is 5.69. The number of ether oxygens (including phenoxy) is 1. The number of esters is 1. The van der Waals surface area contributed by atoms with Gasteiger partial charge >= 0.3 is 5.97 Å². The maximum absolute atomic E-state index is 11.3. The number of carbonyl (C=O) groups is 2. The molecule has 0 aliphatic heterocycles. The van der Waals surface area contributed by atoms with Crippen LogP contribution in [0, 0.1) is 0 Å². The fourth-order valence-electron chi connectivity index (χ4n) is 1.59. The third-order valence-electron chi connectivity index (χ3n) is 2.40. The maximum Gasteiger partial charge on any atom is 0.354 e. The molecule has 0 saturated carbocycles. The van der Waals surface area contributed by atoms with E-state index in [-0.39, 0.29) is 11.6 Å². The lowest BCUT2D eigenvalue weighted by Gasteiger charge is -2.14. The van der Waals surface area contributed by atoms with Gasteiger partial charge in [0.05, 0.1) is 7.11 Å². The van der Waals surface area contributed by atoms with Gasteiger partial charge in [-0.1, -0.05) is 30.3 Å². The van der Waals surface area contributed by atoms with Crippen LogP contribution in [0.5, 0.6) is 0 Å². The van der Waals surface area contributed by atoms with Crippen molar-refractivity contribution < 1.29 is 18.8 Å². The van der Waals surface area contributed by atoms with Gasteiger partial charge < -0.3 is 14.5 Å². The molecule has 5 nitrogen and oxygen atoms in total. The Kier molecular flexibility index (Phi) is 9.85. The van der Waals surface area contributed by atoms with Crippen LogP contribution in [-0.4, -0.2) is 33.9 Å². The summed E-state index contributed by atoms with van der Waals surface area (Å²) in [5, 5.41) is 2.43. The number of hydrogen-bond acceptors (Lipinski definition) is 4. The fourth-order valence-corrected chi connectivity index (χ4v) is 2.46. The molecular weight excluding hydrogens is 310 g/mol. The largest absolute Gasteiger partial charge is 0.464 e. The van der Waals surface area contributed by atoms with Crippen molar-refractivity contribution in [2.24, 2.45) is 0 Å². The first-order chi connectivity index (χ1) is 10.7. The summed E-state index contributed by atoms with van der Waals surface area (Å²) in [4.78, 5) is 22.3. The third-order valence-corrected chi connectivity index (χ3v) is 3.56. The predicted octanol–water partition coefficient (Wildman–Crippen LogP) is 3.19. The molecule has 1 aromatic carbocycles. The SMILES string of the molecule is CCO[Si](C)(C)C.COC(=O)/C(=C/c1ccccc1)NC(C)=O. The second kappa shape index (κ2) is 10.7. The van der Waals surface area contributed by atoms with Crippen molar-refractivity contribution in [1.82, 2.24) is 5.32 Å². The van der Waals surface area contributed by atoms with Gasteiger partial charge in [0.25, 0.3) is 0 Å². The number of nitrogens with one attached hydrogen (secondary N) is 1. The van der Waals surface area contributed by atoms with Crippen LogP contribution in [0.1, 0.15) is 19.4 Å². The fraction of sp³-hybridized carbons (Fsp3) is 0.412. The molecule has 0 bridgehead atoms. The van der Waals surface area contributed by atoms with Crippen LogP contribution in [0.4, 0.5) is 0 Å². The number of amides is 1. The van der Waals surface area contributed by atoms with Crippen molar-refractivity contribution in [3.8, 4) is 0 Å². The second-order valence-corrected chi connectivity index (χ2v) is 10.2. The molecule has 23 heavy (non-hydrogen) atoms. The Morgan fingerprint density at radius 3 is 2.09 bits per heavy atom. The topological polar surface area (TPSA) is 64.6 Å². The van der Waals surface area contributed by atoms with Gasteiger partial charge in [-0.2, -0.15) is 0 Å². The third kappa shape index (κ3) is 11.3. The highest BCUT2D eigenvalue weighted by molar-refractivity contribution is 6.69. The first kappa shape index (κ1) is 21.1. The van der Waals surface area contributed by atoms with E-state index in [1.54, 1.807) is 6.08 Å². The molecule has 0 aromatic heterocycles. The zero-order valence-corrected chi connectivity index (χ0v) is 15.8. The predicted molar refractivity (Wildman–Crippen MR) is 95.2 cm³/mol. The summed E-state index contributed by atoms with van der Waals surface area (Å²) in [5.41, 5.74) is 0.942. The molecule has 0 unspecified atom stereocenters. The van der Waals surface area contributed by atoms with Crippen molar-refractivity contribution in [2.75, 3.05) is 13.7 Å². The van der Waals surface area contributed by atoms with Gasteiger partial charge in [0.15, 0.2) is 8.32 Å². The average molecular weight is 337 g/mol. The number of rotatable bonds is 5. The van der Waals surface area contributed by atoms with E-state index < -0.39 is 14.3 Å². The average Bonchev–Trinajstić information content (AvgIpc) is 2.46. The molecule has 1 N–H and O–H groups in total. The zero-order valence-electron chi connectivity index (χ0n) is 14.8. The molecule has 6 heteroatoms. The highest BCUT2D eigenvalue weighted by Crippen LogP contribution is 2.05. The minimum Gasteiger partial charge on any atom is -0.464 e. The Hall–Kier alpha value is -1.92. The van der Waals surface area contributed by atoms with E-state index in [2.05, 4.69) is 29.7 Å². The summed E-state index contributed by atoms with van der Waals surface area (Å²) >= 11 is 0. The van der Waals surface area contributed by atoms with E-state index in [0.717, 1.165) is 12.2 Å². The maximum atomic E-state index is 11.3. The lowest BCUT2D eigenvalue weighted by atomic mass is 10.2. The van der Waals surface area contributed by atoms with E-state index in [1.807, 2.05) is 37.3 Å². The van der Waals surface area contributed by atoms with Crippen LogP contribution in [0.2, 0.25) is 19.6 Å². The summed E-state index contributed by atoms with van der Waals surface area (Å²) < 4.78 is 9.93. The highest BCUT2D eigenvalue weighted by Gasteiger charge is 2.11. The number of benzene rings is 1. The Balaban J connectivity index is 0.000000585. The van der Waals surface area contributed by atoms with Crippen LogP contribution in [0.3, 0.4) is 0 Å². The first-order valence-electron chi connectivity index (χ1n) is 7.46. The minimum absolute atomic E-state index is 0.126. The van der Waals surface area contributed by atoms with Crippen LogP contribution in [-0.2, 0) is 18.8 Å². The summed E-state index contributed by atoms with van der Waals surface area (Å²) in [5.74, 6) is -0.883. The van der Waals surface area contributed by atoms with Crippen molar-refractivity contribution in [3.05, 3.63) is 41.6 Å². The summed E-state index contributed by atoms with van der Waals surface area (Å²) in [7, 11) is 0.110. The number of carbonyl (C=O) groups excluding carboxylic acids is 2. The first-order valence-corrected chi connectivity index (χ1v) is 10.9.